The Hall–Kier alpha value is -1.42. The molecule has 92 valence electrons. The maximum absolute atomic E-state index is 11.6. The standard InChI is InChI=1S/C14H13BrN2O/c1-17-13(6-7-14(17)18)12-8-10(15)9-4-2-3-5-11(9)16-12/h2-5,8,13H,6-7H2,1H3. The molecule has 1 aromatic heterocycles. The molecule has 2 heterocycles. The van der Waals surface area contributed by atoms with Gasteiger partial charge in [-0.25, -0.2) is 0 Å². The lowest BCUT2D eigenvalue weighted by molar-refractivity contribution is -0.127. The largest absolute Gasteiger partial charge is 0.337 e. The van der Waals surface area contributed by atoms with E-state index in [1.54, 1.807) is 4.90 Å². The number of hydrogen-bond acceptors (Lipinski definition) is 2. The van der Waals surface area contributed by atoms with E-state index < -0.39 is 0 Å². The van der Waals surface area contributed by atoms with Gasteiger partial charge in [-0.3, -0.25) is 9.78 Å². The van der Waals surface area contributed by atoms with Gasteiger partial charge in [0.2, 0.25) is 5.91 Å². The number of benzene rings is 1. The molecule has 1 aliphatic rings. The molecule has 0 aliphatic carbocycles. The van der Waals surface area contributed by atoms with Crippen molar-refractivity contribution >= 4 is 32.7 Å². The lowest BCUT2D eigenvalue weighted by atomic mass is 10.1. The molecule has 3 nitrogen and oxygen atoms in total. The van der Waals surface area contributed by atoms with E-state index in [-0.39, 0.29) is 11.9 Å². The number of amides is 1. The summed E-state index contributed by atoms with van der Waals surface area (Å²) < 4.78 is 1.04. The van der Waals surface area contributed by atoms with Crippen molar-refractivity contribution < 1.29 is 4.79 Å². The first-order valence-corrected chi connectivity index (χ1v) is 6.77. The topological polar surface area (TPSA) is 33.2 Å². The van der Waals surface area contributed by atoms with Crippen LogP contribution in [0.3, 0.4) is 0 Å². The lowest BCUT2D eigenvalue weighted by Gasteiger charge is -2.20. The van der Waals surface area contributed by atoms with Gasteiger partial charge in [-0.15, -0.1) is 0 Å². The Morgan fingerprint density at radius 3 is 2.89 bits per heavy atom. The average molecular weight is 305 g/mol. The maximum atomic E-state index is 11.6. The second-order valence-corrected chi connectivity index (χ2v) is 5.46. The molecule has 0 N–H and O–H groups in total. The van der Waals surface area contributed by atoms with Crippen LogP contribution in [0.1, 0.15) is 24.6 Å². The molecule has 2 aromatic rings. The van der Waals surface area contributed by atoms with Gasteiger partial charge in [0.25, 0.3) is 0 Å². The molecule has 1 amide bonds. The minimum atomic E-state index is 0.110. The number of halogens is 1. The summed E-state index contributed by atoms with van der Waals surface area (Å²) in [6, 6.07) is 10.2. The van der Waals surface area contributed by atoms with Crippen molar-refractivity contribution in [2.75, 3.05) is 7.05 Å². The van der Waals surface area contributed by atoms with Crippen molar-refractivity contribution in [3.63, 3.8) is 0 Å². The fourth-order valence-electron chi connectivity index (χ4n) is 2.47. The molecule has 1 unspecified atom stereocenters. The van der Waals surface area contributed by atoms with Gasteiger partial charge in [-0.2, -0.15) is 0 Å². The first-order chi connectivity index (χ1) is 8.66. The summed E-state index contributed by atoms with van der Waals surface area (Å²) in [7, 11) is 1.85. The van der Waals surface area contributed by atoms with Crippen LogP contribution in [-0.2, 0) is 4.79 Å². The third kappa shape index (κ3) is 1.81. The predicted molar refractivity (Wildman–Crippen MR) is 74.2 cm³/mol. The van der Waals surface area contributed by atoms with Crippen LogP contribution in [0.5, 0.6) is 0 Å². The van der Waals surface area contributed by atoms with Crippen LogP contribution in [-0.4, -0.2) is 22.8 Å². The molecular weight excluding hydrogens is 292 g/mol. The van der Waals surface area contributed by atoms with E-state index in [2.05, 4.69) is 20.9 Å². The van der Waals surface area contributed by atoms with E-state index in [4.69, 9.17) is 0 Å². The van der Waals surface area contributed by atoms with Gasteiger partial charge >= 0.3 is 0 Å². The number of carbonyl (C=O) groups is 1. The van der Waals surface area contributed by atoms with Crippen LogP contribution in [0.25, 0.3) is 10.9 Å². The van der Waals surface area contributed by atoms with Crippen molar-refractivity contribution in [1.82, 2.24) is 9.88 Å². The van der Waals surface area contributed by atoms with Gasteiger partial charge in [0, 0.05) is 23.3 Å². The number of para-hydroxylation sites is 1. The number of carbonyl (C=O) groups excluding carboxylic acids is 1. The normalized spacial score (nSPS) is 19.8. The fraction of sp³-hybridized carbons (Fsp3) is 0.286. The highest BCUT2D eigenvalue weighted by Gasteiger charge is 2.30. The van der Waals surface area contributed by atoms with Crippen molar-refractivity contribution in [1.29, 1.82) is 0 Å². The van der Waals surface area contributed by atoms with E-state index in [1.807, 2.05) is 37.4 Å². The van der Waals surface area contributed by atoms with Crippen LogP contribution < -0.4 is 0 Å². The van der Waals surface area contributed by atoms with Crippen molar-refractivity contribution in [3.05, 3.63) is 40.5 Å². The third-order valence-corrected chi connectivity index (χ3v) is 4.18. The number of pyridine rings is 1. The first kappa shape index (κ1) is 11.7. The number of rotatable bonds is 1. The third-order valence-electron chi connectivity index (χ3n) is 3.52. The van der Waals surface area contributed by atoms with Crippen LogP contribution in [0.15, 0.2) is 34.8 Å². The molecular formula is C14H13BrN2O. The van der Waals surface area contributed by atoms with Gasteiger partial charge in [0.05, 0.1) is 17.3 Å². The van der Waals surface area contributed by atoms with E-state index in [0.717, 1.165) is 27.5 Å². The van der Waals surface area contributed by atoms with E-state index in [1.165, 1.54) is 0 Å². The zero-order chi connectivity index (χ0) is 12.7. The van der Waals surface area contributed by atoms with Crippen molar-refractivity contribution in [2.45, 2.75) is 18.9 Å². The molecule has 0 radical (unpaired) electrons. The average Bonchev–Trinajstić information content (AvgIpc) is 2.70. The monoisotopic (exact) mass is 304 g/mol. The molecule has 0 spiro atoms. The summed E-state index contributed by atoms with van der Waals surface area (Å²) in [5.74, 6) is 0.200. The first-order valence-electron chi connectivity index (χ1n) is 5.97. The van der Waals surface area contributed by atoms with E-state index in [9.17, 15) is 4.79 Å². The summed E-state index contributed by atoms with van der Waals surface area (Å²) >= 11 is 3.59. The minimum Gasteiger partial charge on any atom is -0.337 e. The van der Waals surface area contributed by atoms with Gasteiger partial charge in [0.15, 0.2) is 0 Å². The van der Waals surface area contributed by atoms with Gasteiger partial charge in [-0.05, 0) is 18.6 Å². The Labute approximate surface area is 114 Å². The van der Waals surface area contributed by atoms with Gasteiger partial charge in [0.1, 0.15) is 0 Å². The molecule has 0 bridgehead atoms. The lowest BCUT2D eigenvalue weighted by Crippen LogP contribution is -2.23. The Kier molecular flexibility index (Phi) is 2.82. The molecule has 1 aromatic carbocycles. The Morgan fingerprint density at radius 1 is 1.39 bits per heavy atom. The zero-order valence-electron chi connectivity index (χ0n) is 10.1. The number of hydrogen-bond donors (Lipinski definition) is 0. The summed E-state index contributed by atoms with van der Waals surface area (Å²) in [6.45, 7) is 0. The van der Waals surface area contributed by atoms with Crippen LogP contribution >= 0.6 is 15.9 Å². The maximum Gasteiger partial charge on any atom is 0.222 e. The van der Waals surface area contributed by atoms with Crippen LogP contribution in [0.4, 0.5) is 0 Å². The molecule has 0 saturated carbocycles. The fourth-order valence-corrected chi connectivity index (χ4v) is 3.04. The summed E-state index contributed by atoms with van der Waals surface area (Å²) in [6.07, 6.45) is 1.47. The number of nitrogens with zero attached hydrogens (tertiary/aromatic N) is 2. The highest BCUT2D eigenvalue weighted by atomic mass is 79.9. The van der Waals surface area contributed by atoms with Crippen molar-refractivity contribution in [3.8, 4) is 0 Å². The van der Waals surface area contributed by atoms with E-state index in [0.29, 0.717) is 6.42 Å². The van der Waals surface area contributed by atoms with Crippen LogP contribution in [0.2, 0.25) is 0 Å². The second-order valence-electron chi connectivity index (χ2n) is 4.61. The summed E-state index contributed by atoms with van der Waals surface area (Å²) in [4.78, 5) is 18.1. The van der Waals surface area contributed by atoms with Gasteiger partial charge in [-0.1, -0.05) is 34.1 Å². The number of fused-ring (bicyclic) bond motifs is 1. The number of likely N-dealkylation sites (tertiary alicyclic amines) is 1. The summed E-state index contributed by atoms with van der Waals surface area (Å²) in [5.41, 5.74) is 1.93. The molecule has 1 atom stereocenters. The molecule has 4 heteroatoms. The Bertz CT molecular complexity index is 626. The summed E-state index contributed by atoms with van der Waals surface area (Å²) in [5, 5.41) is 1.10. The molecule has 18 heavy (non-hydrogen) atoms. The molecule has 1 fully saturated rings. The second kappa shape index (κ2) is 4.35. The predicted octanol–water partition coefficient (Wildman–Crippen LogP) is 3.29. The smallest absolute Gasteiger partial charge is 0.222 e. The zero-order valence-corrected chi connectivity index (χ0v) is 11.6. The van der Waals surface area contributed by atoms with E-state index >= 15 is 0 Å². The number of aromatic nitrogens is 1. The highest BCUT2D eigenvalue weighted by Crippen LogP contribution is 2.33. The Balaban J connectivity index is 2.11. The minimum absolute atomic E-state index is 0.110. The van der Waals surface area contributed by atoms with Gasteiger partial charge < -0.3 is 4.90 Å². The SMILES string of the molecule is CN1C(=O)CCC1c1cc(Br)c2ccccc2n1. The van der Waals surface area contributed by atoms with Crippen LogP contribution in [0, 0.1) is 0 Å². The quantitative estimate of drug-likeness (QED) is 0.810. The molecule has 3 rings (SSSR count). The Morgan fingerprint density at radius 2 is 2.17 bits per heavy atom. The highest BCUT2D eigenvalue weighted by molar-refractivity contribution is 9.10. The molecule has 1 saturated heterocycles. The molecule has 1 aliphatic heterocycles. The van der Waals surface area contributed by atoms with Crippen molar-refractivity contribution in [2.24, 2.45) is 0 Å².